The first kappa shape index (κ1) is 21.7. The maximum absolute atomic E-state index is 13.4. The van der Waals surface area contributed by atoms with E-state index < -0.39 is 18.1 Å². The zero-order valence-corrected chi connectivity index (χ0v) is 14.8. The van der Waals surface area contributed by atoms with Crippen molar-refractivity contribution in [2.75, 3.05) is 5.32 Å². The van der Waals surface area contributed by atoms with Crippen LogP contribution < -0.4 is 5.32 Å². The van der Waals surface area contributed by atoms with E-state index in [1.807, 2.05) is 19.1 Å². The first-order chi connectivity index (χ1) is 13.5. The first-order valence-corrected chi connectivity index (χ1v) is 7.99. The van der Waals surface area contributed by atoms with Gasteiger partial charge in [-0.2, -0.15) is 18.3 Å². The molecule has 0 aliphatic carbocycles. The molecular weight excluding hydrogens is 398 g/mol. The minimum absolute atomic E-state index is 0.0137. The van der Waals surface area contributed by atoms with Crippen molar-refractivity contribution < 1.29 is 37.4 Å². The smallest absolute Gasteiger partial charge is 0.476 e. The number of benzene rings is 2. The molecule has 0 amide bonds. The van der Waals surface area contributed by atoms with Gasteiger partial charge in [-0.25, -0.2) is 14.0 Å². The number of nitrogens with zero attached hydrogens (tertiary/aromatic N) is 1. The molecular formula is C18H15F4N3O4. The zero-order valence-electron chi connectivity index (χ0n) is 14.8. The monoisotopic (exact) mass is 413 g/mol. The molecule has 4 N–H and O–H groups in total. The number of H-pyrrole nitrogens is 1. The van der Waals surface area contributed by atoms with Gasteiger partial charge in [0.25, 0.3) is 0 Å². The van der Waals surface area contributed by atoms with Crippen LogP contribution in [0.5, 0.6) is 0 Å². The molecule has 0 unspecified atom stereocenters. The lowest BCUT2D eigenvalue weighted by Gasteiger charge is -2.08. The van der Waals surface area contributed by atoms with Crippen LogP contribution in [0.4, 0.5) is 23.2 Å². The van der Waals surface area contributed by atoms with Crippen molar-refractivity contribution in [3.8, 4) is 0 Å². The molecule has 0 saturated heterocycles. The Morgan fingerprint density at radius 1 is 1.14 bits per heavy atom. The van der Waals surface area contributed by atoms with Gasteiger partial charge in [0.15, 0.2) is 5.69 Å². The average Bonchev–Trinajstić information content (AvgIpc) is 3.02. The fraction of sp³-hybridized carbons (Fsp3) is 0.167. The summed E-state index contributed by atoms with van der Waals surface area (Å²) in [7, 11) is 0. The van der Waals surface area contributed by atoms with E-state index in [1.165, 1.54) is 12.1 Å². The molecule has 0 saturated carbocycles. The molecule has 29 heavy (non-hydrogen) atoms. The molecule has 0 radical (unpaired) electrons. The number of alkyl halides is 3. The van der Waals surface area contributed by atoms with E-state index in [1.54, 1.807) is 12.1 Å². The Morgan fingerprint density at radius 2 is 1.79 bits per heavy atom. The van der Waals surface area contributed by atoms with E-state index in [9.17, 15) is 22.4 Å². The lowest BCUT2D eigenvalue weighted by Crippen LogP contribution is -2.21. The Kier molecular flexibility index (Phi) is 6.42. The summed E-state index contributed by atoms with van der Waals surface area (Å²) in [4.78, 5) is 20.0. The van der Waals surface area contributed by atoms with Crippen molar-refractivity contribution in [3.05, 3.63) is 59.0 Å². The number of aliphatic carboxylic acids is 1. The zero-order chi connectivity index (χ0) is 21.8. The van der Waals surface area contributed by atoms with Crippen molar-refractivity contribution >= 4 is 28.5 Å². The van der Waals surface area contributed by atoms with Gasteiger partial charge in [-0.05, 0) is 48.4 Å². The number of rotatable bonds is 4. The second kappa shape index (κ2) is 8.59. The van der Waals surface area contributed by atoms with Crippen LogP contribution in [0.1, 0.15) is 21.6 Å². The third-order valence-corrected chi connectivity index (χ3v) is 3.61. The van der Waals surface area contributed by atoms with E-state index in [2.05, 4.69) is 15.5 Å². The summed E-state index contributed by atoms with van der Waals surface area (Å²) < 4.78 is 45.1. The maximum atomic E-state index is 13.4. The molecule has 0 aliphatic heterocycles. The number of aromatic carboxylic acids is 1. The molecule has 7 nitrogen and oxygen atoms in total. The summed E-state index contributed by atoms with van der Waals surface area (Å²) in [6, 6.07) is 10.1. The summed E-state index contributed by atoms with van der Waals surface area (Å²) in [6.45, 7) is 2.29. The fourth-order valence-electron chi connectivity index (χ4n) is 2.41. The van der Waals surface area contributed by atoms with Crippen LogP contribution in [-0.2, 0) is 11.3 Å². The van der Waals surface area contributed by atoms with Gasteiger partial charge in [-0.3, -0.25) is 5.10 Å². The number of fused-ring (bicyclic) bond motifs is 1. The molecule has 1 aromatic heterocycles. The highest BCUT2D eigenvalue weighted by Crippen LogP contribution is 2.21. The summed E-state index contributed by atoms with van der Waals surface area (Å²) in [5.41, 5.74) is 3.07. The van der Waals surface area contributed by atoms with E-state index >= 15 is 0 Å². The van der Waals surface area contributed by atoms with Crippen LogP contribution in [0.3, 0.4) is 0 Å². The second-order valence-electron chi connectivity index (χ2n) is 5.93. The average molecular weight is 413 g/mol. The molecule has 0 fully saturated rings. The maximum Gasteiger partial charge on any atom is 0.490 e. The van der Waals surface area contributed by atoms with Crippen molar-refractivity contribution in [1.82, 2.24) is 10.2 Å². The predicted molar refractivity (Wildman–Crippen MR) is 95.2 cm³/mol. The van der Waals surface area contributed by atoms with Gasteiger partial charge < -0.3 is 15.5 Å². The van der Waals surface area contributed by atoms with Crippen molar-refractivity contribution in [2.45, 2.75) is 19.6 Å². The number of aromatic amines is 1. The molecule has 0 aliphatic rings. The van der Waals surface area contributed by atoms with Crippen LogP contribution in [0.2, 0.25) is 0 Å². The number of aryl methyl sites for hydroxylation is 1. The number of aromatic nitrogens is 2. The van der Waals surface area contributed by atoms with Gasteiger partial charge >= 0.3 is 18.1 Å². The normalized spacial score (nSPS) is 10.9. The molecule has 0 bridgehead atoms. The van der Waals surface area contributed by atoms with Gasteiger partial charge in [-0.1, -0.05) is 6.07 Å². The van der Waals surface area contributed by atoms with Crippen LogP contribution in [0.15, 0.2) is 36.4 Å². The Hall–Kier alpha value is -3.63. The Labute approximate surface area is 161 Å². The molecule has 154 valence electrons. The highest BCUT2D eigenvalue weighted by Gasteiger charge is 2.38. The van der Waals surface area contributed by atoms with E-state index in [0.29, 0.717) is 17.4 Å². The van der Waals surface area contributed by atoms with Crippen molar-refractivity contribution in [2.24, 2.45) is 0 Å². The third kappa shape index (κ3) is 5.92. The minimum atomic E-state index is -5.08. The topological polar surface area (TPSA) is 115 Å². The van der Waals surface area contributed by atoms with Gasteiger partial charge in [0, 0.05) is 17.6 Å². The Balaban J connectivity index is 0.000000370. The number of carboxylic acid groups (broad SMARTS) is 2. The number of hydrogen-bond donors (Lipinski definition) is 4. The Morgan fingerprint density at radius 3 is 2.34 bits per heavy atom. The number of nitrogens with one attached hydrogen (secondary N) is 2. The first-order valence-electron chi connectivity index (χ1n) is 7.99. The minimum Gasteiger partial charge on any atom is -0.476 e. The van der Waals surface area contributed by atoms with Crippen molar-refractivity contribution in [3.63, 3.8) is 0 Å². The molecule has 1 heterocycles. The summed E-state index contributed by atoms with van der Waals surface area (Å²) in [6.07, 6.45) is -5.08. The number of halogens is 4. The van der Waals surface area contributed by atoms with Gasteiger partial charge in [-0.15, -0.1) is 0 Å². The lowest BCUT2D eigenvalue weighted by molar-refractivity contribution is -0.192. The summed E-state index contributed by atoms with van der Waals surface area (Å²) in [5.74, 6) is -4.10. The molecule has 0 spiro atoms. The third-order valence-electron chi connectivity index (χ3n) is 3.61. The number of anilines is 1. The van der Waals surface area contributed by atoms with Gasteiger partial charge in [0.2, 0.25) is 0 Å². The molecule has 3 rings (SSSR count). The number of carboxylic acids is 2. The SMILES string of the molecule is Cc1cc(F)cc(CNc2ccc3[nH]nc(C(=O)O)c3c2)c1.O=C(O)C(F)(F)F. The van der Waals surface area contributed by atoms with Gasteiger partial charge in [0.05, 0.1) is 5.52 Å². The molecule has 3 aromatic rings. The highest BCUT2D eigenvalue weighted by molar-refractivity contribution is 6.01. The van der Waals surface area contributed by atoms with Crippen LogP contribution in [0.25, 0.3) is 10.9 Å². The summed E-state index contributed by atoms with van der Waals surface area (Å²) >= 11 is 0. The molecule has 0 atom stereocenters. The quantitative estimate of drug-likeness (QED) is 0.482. The number of hydrogen-bond acceptors (Lipinski definition) is 4. The van der Waals surface area contributed by atoms with Gasteiger partial charge in [0.1, 0.15) is 5.82 Å². The van der Waals surface area contributed by atoms with Crippen molar-refractivity contribution in [1.29, 1.82) is 0 Å². The predicted octanol–water partition coefficient (Wildman–Crippen LogP) is 3.95. The summed E-state index contributed by atoms with van der Waals surface area (Å²) in [5, 5.41) is 26.4. The second-order valence-corrected chi connectivity index (χ2v) is 5.93. The van der Waals surface area contributed by atoms with Crippen LogP contribution in [-0.4, -0.2) is 38.5 Å². The van der Waals surface area contributed by atoms with E-state index in [0.717, 1.165) is 16.8 Å². The lowest BCUT2D eigenvalue weighted by atomic mass is 10.1. The Bertz CT molecular complexity index is 1030. The number of carbonyl (C=O) groups is 2. The molecule has 2 aromatic carbocycles. The standard InChI is InChI=1S/C16H14FN3O2.C2HF3O2/c1-9-4-10(6-11(17)5-9)8-18-12-2-3-14-13(7-12)15(16(21)22)20-19-14;3-2(4,5)1(6)7/h2-7,18H,8H2,1H3,(H,19,20)(H,21,22);(H,6,7). The largest absolute Gasteiger partial charge is 0.490 e. The van der Waals surface area contributed by atoms with E-state index in [-0.39, 0.29) is 11.5 Å². The highest BCUT2D eigenvalue weighted by atomic mass is 19.4. The fourth-order valence-corrected chi connectivity index (χ4v) is 2.41. The van der Waals surface area contributed by atoms with Crippen LogP contribution in [0, 0.1) is 12.7 Å². The van der Waals surface area contributed by atoms with E-state index in [4.69, 9.17) is 15.0 Å². The molecule has 11 heteroatoms. The van der Waals surface area contributed by atoms with Crippen LogP contribution >= 0.6 is 0 Å².